The van der Waals surface area contributed by atoms with Crippen molar-refractivity contribution in [3.05, 3.63) is 46.7 Å². The van der Waals surface area contributed by atoms with E-state index < -0.39 is 11.9 Å². The number of aromatic carboxylic acids is 1. The van der Waals surface area contributed by atoms with E-state index in [0.717, 1.165) is 0 Å². The number of hydrogen-bond acceptors (Lipinski definition) is 4. The molecule has 0 radical (unpaired) electrons. The number of carbonyl (C=O) groups excluding carboxylic acids is 1. The number of carboxylic acids is 1. The number of nitrogens with zero attached hydrogens (tertiary/aromatic N) is 2. The van der Waals surface area contributed by atoms with E-state index in [1.165, 1.54) is 10.9 Å². The van der Waals surface area contributed by atoms with E-state index >= 15 is 0 Å². The highest BCUT2D eigenvalue weighted by atomic mass is 35.5. The summed E-state index contributed by atoms with van der Waals surface area (Å²) in [6, 6.07) is 6.68. The van der Waals surface area contributed by atoms with Gasteiger partial charge in [-0.15, -0.1) is 0 Å². The Labute approximate surface area is 119 Å². The average molecular weight is 295 g/mol. The summed E-state index contributed by atoms with van der Waals surface area (Å²) in [6.07, 6.45) is 1.25. The molecule has 1 aromatic heterocycles. The Morgan fingerprint density at radius 1 is 1.45 bits per heavy atom. The quantitative estimate of drug-likeness (QED) is 0.876. The van der Waals surface area contributed by atoms with Gasteiger partial charge in [-0.2, -0.15) is 5.10 Å². The van der Waals surface area contributed by atoms with Crippen molar-refractivity contribution in [3.8, 4) is 5.69 Å². The first-order valence-corrected chi connectivity index (χ1v) is 6.16. The smallest absolute Gasteiger partial charge is 0.359 e. The number of carbonyl (C=O) groups is 2. The van der Waals surface area contributed by atoms with Crippen molar-refractivity contribution in [1.29, 1.82) is 0 Å². The predicted molar refractivity (Wildman–Crippen MR) is 71.5 cm³/mol. The van der Waals surface area contributed by atoms with Gasteiger partial charge in [0, 0.05) is 11.2 Å². The van der Waals surface area contributed by atoms with Crippen molar-refractivity contribution < 1.29 is 19.4 Å². The maximum atomic E-state index is 11.7. The fraction of sp³-hybridized carbons (Fsp3) is 0.154. The molecule has 1 aromatic carbocycles. The van der Waals surface area contributed by atoms with Gasteiger partial charge in [0.1, 0.15) is 5.56 Å². The molecule has 0 aliphatic heterocycles. The first-order chi connectivity index (χ1) is 9.52. The van der Waals surface area contributed by atoms with Crippen LogP contribution in [0.15, 0.2) is 30.5 Å². The summed E-state index contributed by atoms with van der Waals surface area (Å²) in [7, 11) is 0. The zero-order valence-corrected chi connectivity index (χ0v) is 11.3. The van der Waals surface area contributed by atoms with Crippen LogP contribution in [-0.4, -0.2) is 33.4 Å². The highest BCUT2D eigenvalue weighted by molar-refractivity contribution is 6.30. The lowest BCUT2D eigenvalue weighted by Gasteiger charge is -2.01. The molecule has 2 aromatic rings. The van der Waals surface area contributed by atoms with Gasteiger partial charge in [0.2, 0.25) is 0 Å². The van der Waals surface area contributed by atoms with Gasteiger partial charge in [-0.3, -0.25) is 0 Å². The molecule has 20 heavy (non-hydrogen) atoms. The number of esters is 1. The summed E-state index contributed by atoms with van der Waals surface area (Å²) < 4.78 is 6.07. The van der Waals surface area contributed by atoms with Crippen LogP contribution >= 0.6 is 11.6 Å². The third-order valence-corrected chi connectivity index (χ3v) is 2.72. The lowest BCUT2D eigenvalue weighted by molar-refractivity contribution is 0.0507. The van der Waals surface area contributed by atoms with E-state index in [1.807, 2.05) is 0 Å². The third-order valence-electron chi connectivity index (χ3n) is 2.49. The zero-order valence-electron chi connectivity index (χ0n) is 10.5. The van der Waals surface area contributed by atoms with Gasteiger partial charge < -0.3 is 9.84 Å². The van der Waals surface area contributed by atoms with Crippen LogP contribution in [0.1, 0.15) is 27.8 Å². The molecule has 1 heterocycles. The van der Waals surface area contributed by atoms with Crippen LogP contribution in [0.25, 0.3) is 5.69 Å². The summed E-state index contributed by atoms with van der Waals surface area (Å²) in [4.78, 5) is 22.8. The minimum absolute atomic E-state index is 0.141. The van der Waals surface area contributed by atoms with E-state index in [2.05, 4.69) is 5.10 Å². The molecular formula is C13H11ClN2O4. The van der Waals surface area contributed by atoms with Gasteiger partial charge in [-0.1, -0.05) is 17.7 Å². The fourth-order valence-corrected chi connectivity index (χ4v) is 1.82. The lowest BCUT2D eigenvalue weighted by atomic mass is 10.2. The zero-order chi connectivity index (χ0) is 14.7. The number of carboxylic acid groups (broad SMARTS) is 1. The number of ether oxygens (including phenoxy) is 1. The van der Waals surface area contributed by atoms with Gasteiger partial charge in [0.15, 0.2) is 5.69 Å². The van der Waals surface area contributed by atoms with E-state index in [9.17, 15) is 9.59 Å². The number of hydrogen-bond donors (Lipinski definition) is 1. The van der Waals surface area contributed by atoms with Gasteiger partial charge in [0.05, 0.1) is 12.3 Å². The fourth-order valence-electron chi connectivity index (χ4n) is 1.63. The van der Waals surface area contributed by atoms with Crippen molar-refractivity contribution in [2.75, 3.05) is 6.61 Å². The first kappa shape index (κ1) is 14.1. The van der Waals surface area contributed by atoms with E-state index in [-0.39, 0.29) is 17.9 Å². The molecule has 0 fully saturated rings. The molecule has 0 bridgehead atoms. The standard InChI is InChI=1S/C13H11ClN2O4/c1-2-20-13(19)11-10(12(17)18)7-16(15-11)9-5-3-4-8(14)6-9/h3-7H,2H2,1H3,(H,17,18). The van der Waals surface area contributed by atoms with Crippen LogP contribution in [0.2, 0.25) is 5.02 Å². The molecule has 0 aliphatic carbocycles. The Morgan fingerprint density at radius 3 is 2.80 bits per heavy atom. The number of halogens is 1. The van der Waals surface area contributed by atoms with Crippen LogP contribution in [0, 0.1) is 0 Å². The van der Waals surface area contributed by atoms with Crippen molar-refractivity contribution >= 4 is 23.5 Å². The molecule has 104 valence electrons. The molecule has 0 saturated heterocycles. The average Bonchev–Trinajstić information content (AvgIpc) is 2.84. The number of rotatable bonds is 4. The SMILES string of the molecule is CCOC(=O)c1nn(-c2cccc(Cl)c2)cc1C(=O)O. The van der Waals surface area contributed by atoms with Crippen LogP contribution in [-0.2, 0) is 4.74 Å². The van der Waals surface area contributed by atoms with Gasteiger partial charge in [-0.05, 0) is 25.1 Å². The molecule has 2 rings (SSSR count). The molecule has 1 N–H and O–H groups in total. The molecule has 0 aliphatic rings. The van der Waals surface area contributed by atoms with Crippen LogP contribution in [0.3, 0.4) is 0 Å². The van der Waals surface area contributed by atoms with Crippen LogP contribution in [0.5, 0.6) is 0 Å². The molecule has 0 atom stereocenters. The topological polar surface area (TPSA) is 81.4 Å². The van der Waals surface area contributed by atoms with Crippen LogP contribution in [0.4, 0.5) is 0 Å². The number of aromatic nitrogens is 2. The molecule has 0 spiro atoms. The minimum atomic E-state index is -1.25. The maximum absolute atomic E-state index is 11.7. The summed E-state index contributed by atoms with van der Waals surface area (Å²) in [5.41, 5.74) is 0.0956. The first-order valence-electron chi connectivity index (χ1n) is 5.79. The van der Waals surface area contributed by atoms with Gasteiger partial charge in [-0.25, -0.2) is 14.3 Å². The Morgan fingerprint density at radius 2 is 2.20 bits per heavy atom. The summed E-state index contributed by atoms with van der Waals surface area (Å²) in [5, 5.41) is 13.6. The van der Waals surface area contributed by atoms with Crippen molar-refractivity contribution in [1.82, 2.24) is 9.78 Å². The minimum Gasteiger partial charge on any atom is -0.478 e. The largest absolute Gasteiger partial charge is 0.478 e. The molecular weight excluding hydrogens is 284 g/mol. The van der Waals surface area contributed by atoms with E-state index in [1.54, 1.807) is 31.2 Å². The lowest BCUT2D eigenvalue weighted by Crippen LogP contribution is -2.11. The molecule has 0 amide bonds. The monoisotopic (exact) mass is 294 g/mol. The van der Waals surface area contributed by atoms with Crippen LogP contribution < -0.4 is 0 Å². The second kappa shape index (κ2) is 5.75. The Balaban J connectivity index is 2.49. The molecule has 7 heteroatoms. The second-order valence-corrected chi connectivity index (χ2v) is 4.28. The van der Waals surface area contributed by atoms with Crippen molar-refractivity contribution in [2.45, 2.75) is 6.92 Å². The molecule has 6 nitrogen and oxygen atoms in total. The Kier molecular flexibility index (Phi) is 4.05. The number of benzene rings is 1. The Bertz CT molecular complexity index is 666. The van der Waals surface area contributed by atoms with E-state index in [4.69, 9.17) is 21.4 Å². The van der Waals surface area contributed by atoms with E-state index in [0.29, 0.717) is 10.7 Å². The Hall–Kier alpha value is -2.34. The van der Waals surface area contributed by atoms with Gasteiger partial charge >= 0.3 is 11.9 Å². The maximum Gasteiger partial charge on any atom is 0.359 e. The second-order valence-electron chi connectivity index (χ2n) is 3.84. The summed E-state index contributed by atoms with van der Waals surface area (Å²) in [6.45, 7) is 1.77. The van der Waals surface area contributed by atoms with Gasteiger partial charge in [0.25, 0.3) is 0 Å². The molecule has 0 unspecified atom stereocenters. The summed E-state index contributed by atoms with van der Waals surface area (Å²) in [5.74, 6) is -2.02. The van der Waals surface area contributed by atoms with Crippen molar-refractivity contribution in [3.63, 3.8) is 0 Å². The highest BCUT2D eigenvalue weighted by Gasteiger charge is 2.23. The third kappa shape index (κ3) is 2.80. The predicted octanol–water partition coefficient (Wildman–Crippen LogP) is 2.40. The summed E-state index contributed by atoms with van der Waals surface area (Å²) >= 11 is 5.87. The molecule has 0 saturated carbocycles. The van der Waals surface area contributed by atoms with Crippen molar-refractivity contribution in [2.24, 2.45) is 0 Å². The highest BCUT2D eigenvalue weighted by Crippen LogP contribution is 2.17. The normalized spacial score (nSPS) is 10.3.